The molecule has 23 heavy (non-hydrogen) atoms. The fourth-order valence-corrected chi connectivity index (χ4v) is 3.20. The third-order valence-electron chi connectivity index (χ3n) is 3.18. The lowest BCUT2D eigenvalue weighted by Crippen LogP contribution is -2.30. The second kappa shape index (κ2) is 8.79. The zero-order valence-electron chi connectivity index (χ0n) is 12.4. The Hall–Kier alpha value is -1.72. The monoisotopic (exact) mass is 353 g/mol. The second-order valence-corrected chi connectivity index (χ2v) is 6.97. The van der Waals surface area contributed by atoms with Gasteiger partial charge in [0.1, 0.15) is 11.6 Å². The lowest BCUT2D eigenvalue weighted by Gasteiger charge is -2.06. The molecule has 1 unspecified atom stereocenters. The molecule has 0 aliphatic rings. The molecule has 0 saturated carbocycles. The Morgan fingerprint density at radius 3 is 2.30 bits per heavy atom. The van der Waals surface area contributed by atoms with Crippen LogP contribution in [0.3, 0.4) is 0 Å². The minimum absolute atomic E-state index is 0.0357. The van der Waals surface area contributed by atoms with Crippen LogP contribution in [0.5, 0.6) is 0 Å². The largest absolute Gasteiger partial charge is 0.355 e. The van der Waals surface area contributed by atoms with Crippen LogP contribution in [0.2, 0.25) is 5.02 Å². The fraction of sp³-hybridized carbons (Fsp3) is 0.235. The lowest BCUT2D eigenvalue weighted by atomic mass is 10.1. The second-order valence-electron chi connectivity index (χ2n) is 5.08. The third-order valence-corrected chi connectivity index (χ3v) is 4.67. The van der Waals surface area contributed by atoms with E-state index in [1.165, 1.54) is 12.1 Å². The minimum atomic E-state index is -1.26. The van der Waals surface area contributed by atoms with Crippen LogP contribution in [-0.2, 0) is 27.8 Å². The van der Waals surface area contributed by atoms with E-state index >= 15 is 0 Å². The van der Waals surface area contributed by atoms with Gasteiger partial charge in [-0.3, -0.25) is 9.00 Å². The molecule has 6 heteroatoms. The molecule has 0 spiro atoms. The summed E-state index contributed by atoms with van der Waals surface area (Å²) < 4.78 is 24.7. The average Bonchev–Trinajstić information content (AvgIpc) is 2.51. The summed E-state index contributed by atoms with van der Waals surface area (Å²) in [6.07, 6.45) is 0.607. The molecule has 0 aliphatic heterocycles. The maximum Gasteiger partial charge on any atom is 0.232 e. The summed E-state index contributed by atoms with van der Waals surface area (Å²) in [6, 6.07) is 13.2. The van der Waals surface area contributed by atoms with E-state index in [-0.39, 0.29) is 17.5 Å². The highest BCUT2D eigenvalue weighted by molar-refractivity contribution is 7.84. The van der Waals surface area contributed by atoms with E-state index in [2.05, 4.69) is 5.32 Å². The molecule has 2 aromatic rings. The van der Waals surface area contributed by atoms with Gasteiger partial charge in [0.25, 0.3) is 0 Å². The summed E-state index contributed by atoms with van der Waals surface area (Å²) in [7, 11) is -1.26. The van der Waals surface area contributed by atoms with Crippen LogP contribution in [-0.4, -0.2) is 22.4 Å². The molecular formula is C17H17ClFNO2S. The van der Waals surface area contributed by atoms with Gasteiger partial charge >= 0.3 is 0 Å². The van der Waals surface area contributed by atoms with Crippen LogP contribution in [0.15, 0.2) is 48.5 Å². The van der Waals surface area contributed by atoms with Crippen molar-refractivity contribution in [2.24, 2.45) is 0 Å². The van der Waals surface area contributed by atoms with Crippen molar-refractivity contribution in [3.05, 3.63) is 70.5 Å². The van der Waals surface area contributed by atoms with Crippen LogP contribution in [0, 0.1) is 5.82 Å². The number of halogens is 2. The molecule has 0 radical (unpaired) electrons. The lowest BCUT2D eigenvalue weighted by molar-refractivity contribution is -0.118. The molecule has 2 aromatic carbocycles. The van der Waals surface area contributed by atoms with Crippen molar-refractivity contribution in [3.8, 4) is 0 Å². The van der Waals surface area contributed by atoms with Crippen molar-refractivity contribution < 1.29 is 13.4 Å². The first kappa shape index (κ1) is 17.6. The van der Waals surface area contributed by atoms with Crippen LogP contribution in [0.1, 0.15) is 11.1 Å². The highest BCUT2D eigenvalue weighted by atomic mass is 35.5. The highest BCUT2D eigenvalue weighted by Gasteiger charge is 2.08. The van der Waals surface area contributed by atoms with Crippen LogP contribution in [0.25, 0.3) is 0 Å². The fourth-order valence-electron chi connectivity index (χ4n) is 2.01. The van der Waals surface area contributed by atoms with Crippen molar-refractivity contribution >= 4 is 28.3 Å². The van der Waals surface area contributed by atoms with E-state index in [9.17, 15) is 13.4 Å². The molecular weight excluding hydrogens is 337 g/mol. The number of hydrogen-bond donors (Lipinski definition) is 1. The molecule has 0 fully saturated rings. The molecule has 2 rings (SSSR count). The SMILES string of the molecule is O=C(CS(=O)Cc1ccc(Cl)cc1)NCCc1ccc(F)cc1. The van der Waals surface area contributed by atoms with Crippen LogP contribution < -0.4 is 5.32 Å². The number of carbonyl (C=O) groups excluding carboxylic acids is 1. The van der Waals surface area contributed by atoms with E-state index in [1.54, 1.807) is 36.4 Å². The molecule has 1 amide bonds. The highest BCUT2D eigenvalue weighted by Crippen LogP contribution is 2.11. The molecule has 0 bridgehead atoms. The Balaban J connectivity index is 1.70. The summed E-state index contributed by atoms with van der Waals surface area (Å²) in [4.78, 5) is 11.8. The predicted molar refractivity (Wildman–Crippen MR) is 91.3 cm³/mol. The van der Waals surface area contributed by atoms with Gasteiger partial charge in [0.15, 0.2) is 0 Å². The van der Waals surface area contributed by atoms with Gasteiger partial charge < -0.3 is 5.32 Å². The van der Waals surface area contributed by atoms with Crippen molar-refractivity contribution in [2.45, 2.75) is 12.2 Å². The summed E-state index contributed by atoms with van der Waals surface area (Å²) in [5, 5.41) is 3.35. The molecule has 1 N–H and O–H groups in total. The molecule has 3 nitrogen and oxygen atoms in total. The molecule has 0 aromatic heterocycles. The molecule has 0 saturated heterocycles. The summed E-state index contributed by atoms with van der Waals surface area (Å²) in [6.45, 7) is 0.433. The first-order valence-electron chi connectivity index (χ1n) is 7.13. The van der Waals surface area contributed by atoms with Crippen LogP contribution in [0.4, 0.5) is 4.39 Å². The van der Waals surface area contributed by atoms with E-state index < -0.39 is 10.8 Å². The average molecular weight is 354 g/mol. The van der Waals surface area contributed by atoms with Gasteiger partial charge in [0, 0.05) is 28.1 Å². The van der Waals surface area contributed by atoms with Crippen molar-refractivity contribution in [3.63, 3.8) is 0 Å². The van der Waals surface area contributed by atoms with E-state index in [0.29, 0.717) is 23.7 Å². The van der Waals surface area contributed by atoms with Gasteiger partial charge in [-0.05, 0) is 41.8 Å². The number of benzene rings is 2. The van der Waals surface area contributed by atoms with Crippen molar-refractivity contribution in [1.82, 2.24) is 5.32 Å². The normalized spacial score (nSPS) is 11.9. The Labute approximate surface area is 142 Å². The van der Waals surface area contributed by atoms with Gasteiger partial charge in [-0.15, -0.1) is 0 Å². The number of rotatable bonds is 7. The Bertz CT molecular complexity index is 674. The number of hydrogen-bond acceptors (Lipinski definition) is 2. The Morgan fingerprint density at radius 2 is 1.65 bits per heavy atom. The first-order chi connectivity index (χ1) is 11.0. The summed E-state index contributed by atoms with van der Waals surface area (Å²) in [5.41, 5.74) is 1.82. The topological polar surface area (TPSA) is 46.2 Å². The zero-order valence-corrected chi connectivity index (χ0v) is 14.0. The zero-order chi connectivity index (χ0) is 16.7. The third kappa shape index (κ3) is 6.50. The van der Waals surface area contributed by atoms with Gasteiger partial charge in [-0.25, -0.2) is 4.39 Å². The van der Waals surface area contributed by atoms with Gasteiger partial charge in [-0.1, -0.05) is 35.9 Å². The summed E-state index contributed by atoms with van der Waals surface area (Å²) >= 11 is 5.79. The minimum Gasteiger partial charge on any atom is -0.355 e. The number of carbonyl (C=O) groups is 1. The summed E-state index contributed by atoms with van der Waals surface area (Å²) in [5.74, 6) is -0.246. The van der Waals surface area contributed by atoms with Gasteiger partial charge in [0.2, 0.25) is 5.91 Å². The quantitative estimate of drug-likeness (QED) is 0.831. The van der Waals surface area contributed by atoms with E-state index in [0.717, 1.165) is 11.1 Å². The van der Waals surface area contributed by atoms with E-state index in [4.69, 9.17) is 11.6 Å². The van der Waals surface area contributed by atoms with Crippen molar-refractivity contribution in [2.75, 3.05) is 12.3 Å². The maximum atomic E-state index is 12.8. The molecule has 1 atom stereocenters. The number of nitrogens with one attached hydrogen (secondary N) is 1. The standard InChI is InChI=1S/C17H17ClFNO2S/c18-15-5-1-14(2-6-15)11-23(22)12-17(21)20-10-9-13-3-7-16(19)8-4-13/h1-8H,9-12H2,(H,20,21). The van der Waals surface area contributed by atoms with E-state index in [1.807, 2.05) is 0 Å². The smallest absolute Gasteiger partial charge is 0.232 e. The maximum absolute atomic E-state index is 12.8. The Morgan fingerprint density at radius 1 is 1.04 bits per heavy atom. The molecule has 122 valence electrons. The number of amides is 1. The molecule has 0 aliphatic carbocycles. The Kier molecular flexibility index (Phi) is 6.74. The van der Waals surface area contributed by atoms with Gasteiger partial charge in [0.05, 0.1) is 0 Å². The molecule has 0 heterocycles. The van der Waals surface area contributed by atoms with Crippen molar-refractivity contribution in [1.29, 1.82) is 0 Å². The predicted octanol–water partition coefficient (Wildman–Crippen LogP) is 3.09. The van der Waals surface area contributed by atoms with Gasteiger partial charge in [-0.2, -0.15) is 0 Å². The first-order valence-corrected chi connectivity index (χ1v) is 9.00. The van der Waals surface area contributed by atoms with Crippen LogP contribution >= 0.6 is 11.6 Å².